The van der Waals surface area contributed by atoms with E-state index in [2.05, 4.69) is 22.1 Å². The number of aromatic nitrogens is 2. The highest BCUT2D eigenvalue weighted by molar-refractivity contribution is 6.32. The summed E-state index contributed by atoms with van der Waals surface area (Å²) in [6.07, 6.45) is 5.95. The molecule has 1 heterocycles. The lowest BCUT2D eigenvalue weighted by atomic mass is 10.2. The average Bonchev–Trinajstić information content (AvgIpc) is 2.45. The Hall–Kier alpha value is -1.56. The van der Waals surface area contributed by atoms with Crippen molar-refractivity contribution in [2.75, 3.05) is 19.0 Å². The smallest absolute Gasteiger partial charge is 0.327 e. The number of hydrogen-bond donors (Lipinski definition) is 1. The highest BCUT2D eigenvalue weighted by Crippen LogP contribution is 2.15. The summed E-state index contributed by atoms with van der Waals surface area (Å²) in [5.74, 6) is -0.545. The molecule has 0 aliphatic rings. The van der Waals surface area contributed by atoms with E-state index in [-0.39, 0.29) is 11.6 Å². The lowest BCUT2D eigenvalue weighted by molar-refractivity contribution is -0.141. The second-order valence-corrected chi connectivity index (χ2v) is 4.78. The Kier molecular flexibility index (Phi) is 7.08. The van der Waals surface area contributed by atoms with Gasteiger partial charge in [-0.3, -0.25) is 9.59 Å². The molecule has 1 rings (SSSR count). The summed E-state index contributed by atoms with van der Waals surface area (Å²) in [7, 11) is 1.25. The molecule has 0 amide bonds. The van der Waals surface area contributed by atoms with Gasteiger partial charge in [-0.1, -0.05) is 37.8 Å². The fraction of sp³-hybridized carbons (Fsp3) is 0.615. The van der Waals surface area contributed by atoms with Crippen LogP contribution in [0.25, 0.3) is 0 Å². The molecule has 6 nitrogen and oxygen atoms in total. The van der Waals surface area contributed by atoms with Crippen LogP contribution in [0.3, 0.4) is 0 Å². The lowest BCUT2D eigenvalue weighted by Gasteiger charge is -2.09. The summed E-state index contributed by atoms with van der Waals surface area (Å²) in [5, 5.41) is 7.02. The van der Waals surface area contributed by atoms with Crippen molar-refractivity contribution in [3.8, 4) is 0 Å². The monoisotopic (exact) mass is 301 g/mol. The molecule has 0 aromatic carbocycles. The number of rotatable bonds is 8. The van der Waals surface area contributed by atoms with Gasteiger partial charge in [0.1, 0.15) is 11.6 Å². The minimum atomic E-state index is -0.545. The van der Waals surface area contributed by atoms with Crippen molar-refractivity contribution in [3.05, 3.63) is 21.6 Å². The van der Waals surface area contributed by atoms with Crippen LogP contribution in [0.5, 0.6) is 0 Å². The summed E-state index contributed by atoms with van der Waals surface area (Å²) >= 11 is 5.98. The third-order valence-electron chi connectivity index (χ3n) is 2.84. The minimum absolute atomic E-state index is 0.0411. The van der Waals surface area contributed by atoms with Crippen molar-refractivity contribution in [3.63, 3.8) is 0 Å². The van der Waals surface area contributed by atoms with E-state index < -0.39 is 11.5 Å². The van der Waals surface area contributed by atoms with Crippen molar-refractivity contribution in [1.29, 1.82) is 0 Å². The molecule has 7 heteroatoms. The topological polar surface area (TPSA) is 73.2 Å². The number of carbonyl (C=O) groups is 1. The zero-order valence-corrected chi connectivity index (χ0v) is 12.6. The Morgan fingerprint density at radius 3 is 2.85 bits per heavy atom. The third kappa shape index (κ3) is 4.85. The largest absolute Gasteiger partial charge is 0.468 e. The normalized spacial score (nSPS) is 10.3. The molecule has 112 valence electrons. The van der Waals surface area contributed by atoms with Crippen LogP contribution < -0.4 is 10.9 Å². The molecule has 0 saturated heterocycles. The number of halogens is 1. The van der Waals surface area contributed by atoms with E-state index in [1.165, 1.54) is 26.1 Å². The maximum absolute atomic E-state index is 11.9. The van der Waals surface area contributed by atoms with Crippen molar-refractivity contribution < 1.29 is 9.53 Å². The Labute approximate surface area is 123 Å². The number of carbonyl (C=O) groups excluding carboxylic acids is 1. The quantitative estimate of drug-likeness (QED) is 0.588. The van der Waals surface area contributed by atoms with Gasteiger partial charge in [-0.05, 0) is 6.42 Å². The number of nitrogens with zero attached hydrogens (tertiary/aromatic N) is 2. The SMILES string of the molecule is CCCCCCNc1cnn(CC(=O)OC)c(=O)c1Cl. The van der Waals surface area contributed by atoms with E-state index in [1.807, 2.05) is 0 Å². The van der Waals surface area contributed by atoms with Crippen molar-refractivity contribution in [2.45, 2.75) is 39.2 Å². The van der Waals surface area contributed by atoms with Gasteiger partial charge in [0.05, 0.1) is 19.0 Å². The summed E-state index contributed by atoms with van der Waals surface area (Å²) in [6.45, 7) is 2.64. The second-order valence-electron chi connectivity index (χ2n) is 4.40. The first-order valence-corrected chi connectivity index (χ1v) is 7.04. The first kappa shape index (κ1) is 16.5. The standard InChI is InChI=1S/C13H20ClN3O3/c1-3-4-5-6-7-15-10-8-16-17(9-11(18)20-2)13(19)12(10)14/h8,15H,3-7,9H2,1-2H3. The van der Waals surface area contributed by atoms with Gasteiger partial charge in [0.15, 0.2) is 0 Å². The summed E-state index contributed by atoms with van der Waals surface area (Å²) in [4.78, 5) is 23.0. The zero-order valence-electron chi connectivity index (χ0n) is 11.8. The molecular weight excluding hydrogens is 282 g/mol. The number of unbranched alkanes of at least 4 members (excludes halogenated alkanes) is 3. The Morgan fingerprint density at radius 2 is 2.20 bits per heavy atom. The fourth-order valence-electron chi connectivity index (χ4n) is 1.66. The van der Waals surface area contributed by atoms with E-state index in [1.54, 1.807) is 0 Å². The van der Waals surface area contributed by atoms with E-state index in [0.29, 0.717) is 5.69 Å². The first-order valence-electron chi connectivity index (χ1n) is 6.66. The predicted octanol–water partition coefficient (Wildman–Crippen LogP) is 2.06. The molecule has 0 bridgehead atoms. The van der Waals surface area contributed by atoms with Crippen LogP contribution in [0, 0.1) is 0 Å². The fourth-order valence-corrected chi connectivity index (χ4v) is 1.88. The van der Waals surface area contributed by atoms with Gasteiger partial charge in [-0.25, -0.2) is 4.68 Å². The van der Waals surface area contributed by atoms with Gasteiger partial charge in [-0.15, -0.1) is 0 Å². The first-order chi connectivity index (χ1) is 9.60. The number of hydrogen-bond acceptors (Lipinski definition) is 5. The molecule has 1 aromatic rings. The number of nitrogens with one attached hydrogen (secondary N) is 1. The van der Waals surface area contributed by atoms with Crippen LogP contribution in [-0.2, 0) is 16.1 Å². The lowest BCUT2D eigenvalue weighted by Crippen LogP contribution is -2.28. The molecule has 0 fully saturated rings. The Bertz CT molecular complexity index is 502. The molecule has 0 radical (unpaired) electrons. The number of ether oxygens (including phenoxy) is 1. The van der Waals surface area contributed by atoms with Crippen LogP contribution in [-0.4, -0.2) is 29.4 Å². The van der Waals surface area contributed by atoms with Gasteiger partial charge >= 0.3 is 5.97 Å². The molecule has 1 aromatic heterocycles. The highest BCUT2D eigenvalue weighted by atomic mass is 35.5. The molecule has 20 heavy (non-hydrogen) atoms. The van der Waals surface area contributed by atoms with Crippen LogP contribution in [0.2, 0.25) is 5.02 Å². The zero-order chi connectivity index (χ0) is 15.0. The molecule has 1 N–H and O–H groups in total. The van der Waals surface area contributed by atoms with Gasteiger partial charge < -0.3 is 10.1 Å². The van der Waals surface area contributed by atoms with Crippen LogP contribution >= 0.6 is 11.6 Å². The summed E-state index contributed by atoms with van der Waals surface area (Å²) in [6, 6.07) is 0. The van der Waals surface area contributed by atoms with Gasteiger partial charge in [0.2, 0.25) is 0 Å². The van der Waals surface area contributed by atoms with Gasteiger partial charge in [0.25, 0.3) is 5.56 Å². The van der Waals surface area contributed by atoms with Crippen molar-refractivity contribution in [1.82, 2.24) is 9.78 Å². The minimum Gasteiger partial charge on any atom is -0.468 e. The van der Waals surface area contributed by atoms with Gasteiger partial charge in [0, 0.05) is 6.54 Å². The van der Waals surface area contributed by atoms with Crippen LogP contribution in [0.1, 0.15) is 32.6 Å². The Balaban J connectivity index is 2.64. The average molecular weight is 302 g/mol. The van der Waals surface area contributed by atoms with E-state index >= 15 is 0 Å². The predicted molar refractivity (Wildman–Crippen MR) is 78.2 cm³/mol. The maximum Gasteiger partial charge on any atom is 0.327 e. The second kappa shape index (κ2) is 8.58. The molecule has 0 saturated carbocycles. The highest BCUT2D eigenvalue weighted by Gasteiger charge is 2.11. The van der Waals surface area contributed by atoms with Crippen LogP contribution in [0.4, 0.5) is 5.69 Å². The number of methoxy groups -OCH3 is 1. The van der Waals surface area contributed by atoms with Crippen LogP contribution in [0.15, 0.2) is 11.0 Å². The molecular formula is C13H20ClN3O3. The van der Waals surface area contributed by atoms with Crippen molar-refractivity contribution in [2.24, 2.45) is 0 Å². The van der Waals surface area contributed by atoms with Gasteiger partial charge in [-0.2, -0.15) is 5.10 Å². The van der Waals surface area contributed by atoms with E-state index in [0.717, 1.165) is 24.1 Å². The summed E-state index contributed by atoms with van der Waals surface area (Å²) in [5.41, 5.74) is -0.00935. The van der Waals surface area contributed by atoms with E-state index in [4.69, 9.17) is 11.6 Å². The van der Waals surface area contributed by atoms with Crippen molar-refractivity contribution >= 4 is 23.3 Å². The third-order valence-corrected chi connectivity index (χ3v) is 3.20. The van der Waals surface area contributed by atoms with E-state index in [9.17, 15) is 9.59 Å². The number of esters is 1. The molecule has 0 spiro atoms. The maximum atomic E-state index is 11.9. The Morgan fingerprint density at radius 1 is 1.45 bits per heavy atom. The number of anilines is 1. The molecule has 0 unspecified atom stereocenters. The molecule has 0 atom stereocenters. The molecule has 0 aliphatic carbocycles. The molecule has 0 aliphatic heterocycles. The summed E-state index contributed by atoms with van der Waals surface area (Å²) < 4.78 is 5.47.